The summed E-state index contributed by atoms with van der Waals surface area (Å²) >= 11 is 0. The Morgan fingerprint density at radius 1 is 1.18 bits per heavy atom. The van der Waals surface area contributed by atoms with Crippen LogP contribution < -0.4 is 5.32 Å². The molecule has 1 aliphatic carbocycles. The molecule has 1 aromatic heterocycles. The molecule has 1 fully saturated rings. The zero-order valence-corrected chi connectivity index (χ0v) is 15.7. The van der Waals surface area contributed by atoms with Gasteiger partial charge in [0.05, 0.1) is 22.7 Å². The van der Waals surface area contributed by atoms with Gasteiger partial charge in [0.1, 0.15) is 5.82 Å². The van der Waals surface area contributed by atoms with Crippen molar-refractivity contribution < 1.29 is 4.79 Å². The first kappa shape index (κ1) is 18.1. The maximum Gasteiger partial charge on any atom is 0.322 e. The fourth-order valence-electron chi connectivity index (χ4n) is 3.84. The van der Waals surface area contributed by atoms with Crippen LogP contribution in [-0.4, -0.2) is 33.5 Å². The number of nitrogens with zero attached hydrogens (tertiary/aromatic N) is 3. The van der Waals surface area contributed by atoms with Crippen molar-refractivity contribution in [3.8, 4) is 6.07 Å². The van der Waals surface area contributed by atoms with Crippen molar-refractivity contribution >= 4 is 22.8 Å². The quantitative estimate of drug-likeness (QED) is 0.693. The molecule has 6 nitrogen and oxygen atoms in total. The summed E-state index contributed by atoms with van der Waals surface area (Å²) < 4.78 is 0. The van der Waals surface area contributed by atoms with Crippen molar-refractivity contribution in [2.24, 2.45) is 0 Å². The molecular weight excluding hydrogens is 350 g/mol. The molecule has 1 aliphatic rings. The second kappa shape index (κ2) is 8.13. The van der Waals surface area contributed by atoms with Gasteiger partial charge in [-0.15, -0.1) is 0 Å². The van der Waals surface area contributed by atoms with E-state index in [1.165, 1.54) is 0 Å². The van der Waals surface area contributed by atoms with Crippen molar-refractivity contribution in [3.05, 3.63) is 59.9 Å². The number of fused-ring (bicyclic) bond motifs is 1. The molecule has 4 rings (SSSR count). The largest absolute Gasteiger partial charge is 0.342 e. The monoisotopic (exact) mass is 373 g/mol. The zero-order chi connectivity index (χ0) is 19.3. The molecule has 0 unspecified atom stereocenters. The molecular formula is C22H23N5O. The molecule has 0 aliphatic heterocycles. The van der Waals surface area contributed by atoms with E-state index >= 15 is 0 Å². The Hall–Kier alpha value is -3.33. The van der Waals surface area contributed by atoms with Crippen molar-refractivity contribution in [2.75, 3.05) is 11.9 Å². The second-order valence-electron chi connectivity index (χ2n) is 7.20. The Kier molecular flexibility index (Phi) is 5.24. The van der Waals surface area contributed by atoms with Crippen LogP contribution in [0.3, 0.4) is 0 Å². The van der Waals surface area contributed by atoms with Crippen LogP contribution in [0, 0.1) is 11.3 Å². The summed E-state index contributed by atoms with van der Waals surface area (Å²) in [5.74, 6) is 0.898. The minimum atomic E-state index is -0.0901. The van der Waals surface area contributed by atoms with Crippen molar-refractivity contribution in [1.29, 1.82) is 5.26 Å². The Balaban J connectivity index is 1.46. The van der Waals surface area contributed by atoms with Gasteiger partial charge in [-0.25, -0.2) is 9.78 Å². The lowest BCUT2D eigenvalue weighted by atomic mass is 10.2. The summed E-state index contributed by atoms with van der Waals surface area (Å²) in [7, 11) is 0. The summed E-state index contributed by atoms with van der Waals surface area (Å²) in [6, 6.07) is 17.2. The molecule has 0 bridgehead atoms. The van der Waals surface area contributed by atoms with Crippen LogP contribution in [0.1, 0.15) is 37.1 Å². The molecule has 2 amide bonds. The normalized spacial score (nSPS) is 14.1. The van der Waals surface area contributed by atoms with E-state index in [0.717, 1.165) is 42.5 Å². The van der Waals surface area contributed by atoms with E-state index in [-0.39, 0.29) is 12.1 Å². The van der Waals surface area contributed by atoms with Crippen LogP contribution in [0.5, 0.6) is 0 Å². The van der Waals surface area contributed by atoms with E-state index in [1.54, 1.807) is 24.3 Å². The molecule has 142 valence electrons. The predicted octanol–water partition coefficient (Wildman–Crippen LogP) is 4.45. The number of hydrogen-bond acceptors (Lipinski definition) is 3. The average molecular weight is 373 g/mol. The third-order valence-corrected chi connectivity index (χ3v) is 5.32. The number of para-hydroxylation sites is 2. The molecule has 2 N–H and O–H groups in total. The fourth-order valence-corrected chi connectivity index (χ4v) is 3.84. The number of benzene rings is 2. The number of imidazole rings is 1. The molecule has 1 heterocycles. The van der Waals surface area contributed by atoms with E-state index in [0.29, 0.717) is 24.2 Å². The number of nitriles is 1. The van der Waals surface area contributed by atoms with Gasteiger partial charge in [-0.05, 0) is 49.2 Å². The highest BCUT2D eigenvalue weighted by atomic mass is 16.2. The summed E-state index contributed by atoms with van der Waals surface area (Å²) in [4.78, 5) is 22.9. The van der Waals surface area contributed by atoms with Gasteiger partial charge in [0.15, 0.2) is 0 Å². The van der Waals surface area contributed by atoms with Crippen molar-refractivity contribution in [1.82, 2.24) is 14.9 Å². The van der Waals surface area contributed by atoms with Crippen LogP contribution in [-0.2, 0) is 6.42 Å². The lowest BCUT2D eigenvalue weighted by Gasteiger charge is -2.29. The topological polar surface area (TPSA) is 84.8 Å². The summed E-state index contributed by atoms with van der Waals surface area (Å²) in [6.45, 7) is 0.618. The molecule has 0 atom stereocenters. The third kappa shape index (κ3) is 3.99. The number of rotatable bonds is 5. The van der Waals surface area contributed by atoms with Crippen LogP contribution in [0.25, 0.3) is 11.0 Å². The Morgan fingerprint density at radius 3 is 2.64 bits per heavy atom. The average Bonchev–Trinajstić information content (AvgIpc) is 3.38. The number of amides is 2. The molecule has 2 aromatic carbocycles. The van der Waals surface area contributed by atoms with E-state index in [9.17, 15) is 4.79 Å². The lowest BCUT2D eigenvalue weighted by Crippen LogP contribution is -2.43. The summed E-state index contributed by atoms with van der Waals surface area (Å²) in [6.07, 6.45) is 5.10. The minimum absolute atomic E-state index is 0.0901. The highest BCUT2D eigenvalue weighted by Gasteiger charge is 2.26. The molecule has 0 radical (unpaired) electrons. The first-order valence-electron chi connectivity index (χ1n) is 9.74. The number of carbonyl (C=O) groups excluding carboxylic acids is 1. The first-order valence-corrected chi connectivity index (χ1v) is 9.74. The number of urea groups is 1. The lowest BCUT2D eigenvalue weighted by molar-refractivity contribution is 0.189. The van der Waals surface area contributed by atoms with Gasteiger partial charge in [-0.2, -0.15) is 5.26 Å². The van der Waals surface area contributed by atoms with Crippen molar-refractivity contribution in [2.45, 2.75) is 38.1 Å². The van der Waals surface area contributed by atoms with Gasteiger partial charge in [0.25, 0.3) is 0 Å². The molecule has 3 aromatic rings. The van der Waals surface area contributed by atoms with Crippen LogP contribution in [0.2, 0.25) is 0 Å². The van der Waals surface area contributed by atoms with Gasteiger partial charge >= 0.3 is 6.03 Å². The zero-order valence-electron chi connectivity index (χ0n) is 15.7. The highest BCUT2D eigenvalue weighted by molar-refractivity contribution is 5.89. The van der Waals surface area contributed by atoms with E-state index in [1.807, 2.05) is 29.2 Å². The molecule has 6 heteroatoms. The summed E-state index contributed by atoms with van der Waals surface area (Å²) in [5, 5.41) is 11.9. The SMILES string of the molecule is N#Cc1ccc(NC(=O)N(CCc2nc3ccccc3[nH]2)C2CCCC2)cc1. The molecule has 1 saturated carbocycles. The standard InChI is InChI=1S/C22H23N5O/c23-15-16-9-11-17(12-10-16)24-22(28)27(18-5-1-2-6-18)14-13-21-25-19-7-3-4-8-20(19)26-21/h3-4,7-12,18H,1-2,5-6,13-14H2,(H,24,28)(H,25,26). The van der Waals surface area contributed by atoms with E-state index < -0.39 is 0 Å². The number of aromatic amines is 1. The van der Waals surface area contributed by atoms with Crippen LogP contribution in [0.4, 0.5) is 10.5 Å². The number of hydrogen-bond donors (Lipinski definition) is 2. The first-order chi connectivity index (χ1) is 13.7. The smallest absolute Gasteiger partial charge is 0.322 e. The molecule has 0 saturated heterocycles. The van der Waals surface area contributed by atoms with Gasteiger partial charge < -0.3 is 15.2 Å². The summed E-state index contributed by atoms with van der Waals surface area (Å²) in [5.41, 5.74) is 3.25. The number of anilines is 1. The van der Waals surface area contributed by atoms with Crippen LogP contribution >= 0.6 is 0 Å². The van der Waals surface area contributed by atoms with Gasteiger partial charge in [0.2, 0.25) is 0 Å². The number of nitrogens with one attached hydrogen (secondary N) is 2. The maximum atomic E-state index is 13.0. The maximum absolute atomic E-state index is 13.0. The van der Waals surface area contributed by atoms with Gasteiger partial charge in [-0.1, -0.05) is 25.0 Å². The Labute approximate surface area is 164 Å². The third-order valence-electron chi connectivity index (χ3n) is 5.32. The molecule has 28 heavy (non-hydrogen) atoms. The van der Waals surface area contributed by atoms with Crippen molar-refractivity contribution in [3.63, 3.8) is 0 Å². The van der Waals surface area contributed by atoms with Gasteiger partial charge in [-0.3, -0.25) is 0 Å². The number of carbonyl (C=O) groups is 1. The highest BCUT2D eigenvalue weighted by Crippen LogP contribution is 2.25. The van der Waals surface area contributed by atoms with Crippen LogP contribution in [0.15, 0.2) is 48.5 Å². The molecule has 0 spiro atoms. The fraction of sp³-hybridized carbons (Fsp3) is 0.318. The number of H-pyrrole nitrogens is 1. The minimum Gasteiger partial charge on any atom is -0.342 e. The van der Waals surface area contributed by atoms with E-state index in [4.69, 9.17) is 5.26 Å². The number of aromatic nitrogens is 2. The van der Waals surface area contributed by atoms with Gasteiger partial charge in [0, 0.05) is 24.7 Å². The Bertz CT molecular complexity index is 963. The van der Waals surface area contributed by atoms with E-state index in [2.05, 4.69) is 21.4 Å². The second-order valence-corrected chi connectivity index (χ2v) is 7.20. The Morgan fingerprint density at radius 2 is 1.93 bits per heavy atom. The predicted molar refractivity (Wildman–Crippen MR) is 109 cm³/mol.